The van der Waals surface area contributed by atoms with E-state index < -0.39 is 0 Å². The second-order valence-corrected chi connectivity index (χ2v) is 9.59. The summed E-state index contributed by atoms with van der Waals surface area (Å²) in [6.07, 6.45) is 2.22. The first kappa shape index (κ1) is 21.0. The Kier molecular flexibility index (Phi) is 4.55. The zero-order valence-corrected chi connectivity index (χ0v) is 20.4. The van der Waals surface area contributed by atoms with Crippen molar-refractivity contribution in [2.45, 2.75) is 6.04 Å². The van der Waals surface area contributed by atoms with Crippen molar-refractivity contribution in [3.05, 3.63) is 138 Å². The molecule has 1 atom stereocenters. The molecule has 0 bridgehead atoms. The van der Waals surface area contributed by atoms with Gasteiger partial charge in [-0.3, -0.25) is 4.99 Å². The van der Waals surface area contributed by atoms with Crippen LogP contribution in [-0.2, 0) is 0 Å². The number of nitrogens with zero attached hydrogens (tertiary/aromatic N) is 1. The zero-order valence-electron chi connectivity index (χ0n) is 20.4. The Bertz CT molecular complexity index is 2060. The molecule has 1 unspecified atom stereocenters. The van der Waals surface area contributed by atoms with Crippen molar-refractivity contribution in [2.75, 3.05) is 0 Å². The normalized spacial score (nSPS) is 15.6. The molecular weight excluding hydrogens is 468 g/mol. The van der Waals surface area contributed by atoms with Crippen molar-refractivity contribution < 1.29 is 8.83 Å². The number of hydrogen-bond acceptors (Lipinski definition) is 4. The van der Waals surface area contributed by atoms with Crippen LogP contribution in [0.5, 0.6) is 0 Å². The van der Waals surface area contributed by atoms with Gasteiger partial charge in [0.1, 0.15) is 28.2 Å². The molecule has 0 spiro atoms. The molecule has 7 aromatic rings. The van der Waals surface area contributed by atoms with Gasteiger partial charge in [0.25, 0.3) is 0 Å². The monoisotopic (exact) mass is 490 g/mol. The van der Waals surface area contributed by atoms with Gasteiger partial charge in [0.15, 0.2) is 0 Å². The predicted octanol–water partition coefficient (Wildman–Crippen LogP) is 8.62. The van der Waals surface area contributed by atoms with Crippen LogP contribution in [0.15, 0.2) is 135 Å². The van der Waals surface area contributed by atoms with Crippen molar-refractivity contribution in [3.63, 3.8) is 0 Å². The molecule has 180 valence electrons. The maximum absolute atomic E-state index is 6.21. The summed E-state index contributed by atoms with van der Waals surface area (Å²) in [7, 11) is 0. The van der Waals surface area contributed by atoms with E-state index in [2.05, 4.69) is 72.1 Å². The smallest absolute Gasteiger partial charge is 0.136 e. The fourth-order valence-corrected chi connectivity index (χ4v) is 5.64. The Morgan fingerprint density at radius 3 is 1.92 bits per heavy atom. The van der Waals surface area contributed by atoms with E-state index in [0.717, 1.165) is 72.1 Å². The molecule has 1 aliphatic heterocycles. The van der Waals surface area contributed by atoms with E-state index in [1.807, 2.05) is 54.6 Å². The van der Waals surface area contributed by atoms with Crippen molar-refractivity contribution in [2.24, 2.45) is 4.99 Å². The molecule has 8 rings (SSSR count). The average Bonchev–Trinajstić information content (AvgIpc) is 3.56. The lowest BCUT2D eigenvalue weighted by Crippen LogP contribution is -2.27. The third-order valence-corrected chi connectivity index (χ3v) is 7.34. The summed E-state index contributed by atoms with van der Waals surface area (Å²) in [5.41, 5.74) is 7.76. The summed E-state index contributed by atoms with van der Waals surface area (Å²) in [6.45, 7) is 0. The van der Waals surface area contributed by atoms with Gasteiger partial charge < -0.3 is 14.2 Å². The summed E-state index contributed by atoms with van der Waals surface area (Å²) in [5, 5.41) is 8.07. The van der Waals surface area contributed by atoms with Gasteiger partial charge in [-0.2, -0.15) is 0 Å². The minimum Gasteiger partial charge on any atom is -0.456 e. The number of furan rings is 2. The molecule has 4 heteroatoms. The third-order valence-electron chi connectivity index (χ3n) is 7.34. The van der Waals surface area contributed by atoms with E-state index in [1.165, 1.54) is 0 Å². The van der Waals surface area contributed by atoms with Crippen LogP contribution >= 0.6 is 0 Å². The molecule has 2 aromatic heterocycles. The molecule has 0 saturated heterocycles. The highest BCUT2D eigenvalue weighted by molar-refractivity contribution is 6.13. The molecule has 0 aliphatic carbocycles. The highest BCUT2D eigenvalue weighted by Crippen LogP contribution is 2.40. The van der Waals surface area contributed by atoms with Gasteiger partial charge in [0.05, 0.1) is 6.04 Å². The van der Waals surface area contributed by atoms with Crippen LogP contribution in [0.1, 0.15) is 22.7 Å². The van der Waals surface area contributed by atoms with Crippen LogP contribution in [0.4, 0.5) is 0 Å². The number of amidine groups is 1. The van der Waals surface area contributed by atoms with Gasteiger partial charge in [-0.05, 0) is 35.9 Å². The Morgan fingerprint density at radius 2 is 1.16 bits per heavy atom. The molecule has 0 amide bonds. The van der Waals surface area contributed by atoms with Gasteiger partial charge in [-0.25, -0.2) is 0 Å². The van der Waals surface area contributed by atoms with Gasteiger partial charge in [-0.1, -0.05) is 91.0 Å². The third kappa shape index (κ3) is 3.20. The van der Waals surface area contributed by atoms with Crippen molar-refractivity contribution in [1.29, 1.82) is 0 Å². The Labute approximate surface area is 218 Å². The second kappa shape index (κ2) is 8.22. The van der Waals surface area contributed by atoms with Crippen molar-refractivity contribution in [3.8, 4) is 0 Å². The lowest BCUT2D eigenvalue weighted by molar-refractivity contribution is 0.668. The second-order valence-electron chi connectivity index (χ2n) is 9.59. The number of fused-ring (bicyclic) bond motifs is 6. The maximum atomic E-state index is 6.21. The SMILES string of the molecule is C1=C(c2cccc3oc4ccccc4c23)NC(c2ccccc2)=NC1c1cccc2oc3ccccc3c12. The van der Waals surface area contributed by atoms with Crippen LogP contribution in [0.25, 0.3) is 49.6 Å². The van der Waals surface area contributed by atoms with Gasteiger partial charge >= 0.3 is 0 Å². The van der Waals surface area contributed by atoms with Crippen LogP contribution in [-0.4, -0.2) is 5.84 Å². The Morgan fingerprint density at radius 1 is 0.553 bits per heavy atom. The average molecular weight is 491 g/mol. The summed E-state index contributed by atoms with van der Waals surface area (Å²) in [6, 6.07) is 39.0. The number of para-hydroxylation sites is 2. The topological polar surface area (TPSA) is 50.7 Å². The van der Waals surface area contributed by atoms with E-state index in [-0.39, 0.29) is 6.04 Å². The van der Waals surface area contributed by atoms with E-state index in [1.54, 1.807) is 0 Å². The number of hydrogen-bond donors (Lipinski definition) is 1. The highest BCUT2D eigenvalue weighted by Gasteiger charge is 2.24. The van der Waals surface area contributed by atoms with Crippen molar-refractivity contribution >= 4 is 55.4 Å². The van der Waals surface area contributed by atoms with Crippen LogP contribution in [0.2, 0.25) is 0 Å². The van der Waals surface area contributed by atoms with E-state index in [0.29, 0.717) is 0 Å². The maximum Gasteiger partial charge on any atom is 0.136 e. The van der Waals surface area contributed by atoms with Gasteiger partial charge in [0.2, 0.25) is 0 Å². The molecule has 0 radical (unpaired) electrons. The minimum absolute atomic E-state index is 0.209. The van der Waals surface area contributed by atoms with Crippen LogP contribution in [0, 0.1) is 0 Å². The largest absolute Gasteiger partial charge is 0.456 e. The Hall–Kier alpha value is -5.09. The molecular formula is C34H22N2O2. The number of nitrogens with one attached hydrogen (secondary N) is 1. The predicted molar refractivity (Wildman–Crippen MR) is 154 cm³/mol. The van der Waals surface area contributed by atoms with Gasteiger partial charge in [0, 0.05) is 38.4 Å². The molecule has 1 N–H and O–H groups in total. The van der Waals surface area contributed by atoms with Crippen LogP contribution in [0.3, 0.4) is 0 Å². The minimum atomic E-state index is -0.209. The fourth-order valence-electron chi connectivity index (χ4n) is 5.64. The molecule has 5 aromatic carbocycles. The van der Waals surface area contributed by atoms with E-state index >= 15 is 0 Å². The first-order valence-corrected chi connectivity index (χ1v) is 12.8. The summed E-state index contributed by atoms with van der Waals surface area (Å²) < 4.78 is 12.4. The van der Waals surface area contributed by atoms with E-state index in [9.17, 15) is 0 Å². The summed E-state index contributed by atoms with van der Waals surface area (Å²) in [4.78, 5) is 5.23. The summed E-state index contributed by atoms with van der Waals surface area (Å²) in [5.74, 6) is 0.836. The number of benzene rings is 5. The quantitative estimate of drug-likeness (QED) is 0.270. The van der Waals surface area contributed by atoms with Crippen molar-refractivity contribution in [1.82, 2.24) is 5.32 Å². The van der Waals surface area contributed by atoms with Crippen LogP contribution < -0.4 is 5.32 Å². The van der Waals surface area contributed by atoms with E-state index in [4.69, 9.17) is 13.8 Å². The first-order chi connectivity index (χ1) is 18.8. The molecule has 0 saturated carbocycles. The molecule has 38 heavy (non-hydrogen) atoms. The first-order valence-electron chi connectivity index (χ1n) is 12.8. The van der Waals surface area contributed by atoms with Gasteiger partial charge in [-0.15, -0.1) is 0 Å². The molecule has 4 nitrogen and oxygen atoms in total. The molecule has 1 aliphatic rings. The molecule has 0 fully saturated rings. The highest BCUT2D eigenvalue weighted by atomic mass is 16.3. The standard InChI is InChI=1S/C34H22N2O2/c1-2-10-21(11-3-1)34-35-26(22-14-8-18-30-32(22)24-12-4-6-16-28(24)37-30)20-27(36-34)23-15-9-19-31-33(23)25-13-5-7-17-29(25)38-31/h1-20,26H,(H,35,36). The number of aliphatic imine (C=N–C) groups is 1. The zero-order chi connectivity index (χ0) is 25.1. The summed E-state index contributed by atoms with van der Waals surface area (Å²) >= 11 is 0. The lowest BCUT2D eigenvalue weighted by Gasteiger charge is -2.24. The lowest BCUT2D eigenvalue weighted by atomic mass is 9.95. The number of rotatable bonds is 3. The Balaban J connectivity index is 1.39. The fraction of sp³-hybridized carbons (Fsp3) is 0.0294. The molecule has 3 heterocycles.